The molecular formula is C16H21NO4. The number of ketones is 1. The number of benzene rings is 1. The molecule has 21 heavy (non-hydrogen) atoms. The highest BCUT2D eigenvalue weighted by molar-refractivity contribution is 6.12. The van der Waals surface area contributed by atoms with Crippen LogP contribution in [0, 0.1) is 0 Å². The standard InChI is InChI=1S/C16H21NO4/c1-5-20-15(19)16(2,14(18)11-12-17(3)4)21-13-9-7-6-8-10-13/h6-12H,5H2,1-4H3. The van der Waals surface area contributed by atoms with Gasteiger partial charge in [-0.3, -0.25) is 4.79 Å². The summed E-state index contributed by atoms with van der Waals surface area (Å²) in [6, 6.07) is 8.71. The normalized spacial score (nSPS) is 13.5. The van der Waals surface area contributed by atoms with Gasteiger partial charge in [0.25, 0.3) is 5.60 Å². The molecule has 0 fully saturated rings. The average molecular weight is 291 g/mol. The number of carbonyl (C=O) groups excluding carboxylic acids is 2. The van der Waals surface area contributed by atoms with E-state index in [1.165, 1.54) is 13.0 Å². The topological polar surface area (TPSA) is 55.8 Å². The SMILES string of the molecule is CCOC(=O)C(C)(Oc1ccccc1)C(=O)C=CN(C)C. The molecule has 0 aliphatic heterocycles. The smallest absolute Gasteiger partial charge is 0.358 e. The highest BCUT2D eigenvalue weighted by Crippen LogP contribution is 2.21. The van der Waals surface area contributed by atoms with Crippen molar-refractivity contribution < 1.29 is 19.1 Å². The van der Waals surface area contributed by atoms with Crippen LogP contribution in [0.25, 0.3) is 0 Å². The van der Waals surface area contributed by atoms with E-state index in [2.05, 4.69) is 0 Å². The van der Waals surface area contributed by atoms with Gasteiger partial charge in [-0.05, 0) is 26.0 Å². The summed E-state index contributed by atoms with van der Waals surface area (Å²) in [6.07, 6.45) is 2.87. The van der Waals surface area contributed by atoms with Crippen LogP contribution < -0.4 is 4.74 Å². The van der Waals surface area contributed by atoms with Crippen LogP contribution in [0.15, 0.2) is 42.6 Å². The molecule has 0 saturated carbocycles. The monoisotopic (exact) mass is 291 g/mol. The zero-order valence-corrected chi connectivity index (χ0v) is 12.8. The largest absolute Gasteiger partial charge is 0.468 e. The fraction of sp³-hybridized carbons (Fsp3) is 0.375. The van der Waals surface area contributed by atoms with E-state index >= 15 is 0 Å². The number of hydrogen-bond donors (Lipinski definition) is 0. The maximum Gasteiger partial charge on any atom is 0.358 e. The molecule has 1 atom stereocenters. The van der Waals surface area contributed by atoms with E-state index in [1.54, 1.807) is 56.4 Å². The van der Waals surface area contributed by atoms with Crippen molar-refractivity contribution in [1.82, 2.24) is 4.90 Å². The van der Waals surface area contributed by atoms with E-state index in [1.807, 2.05) is 6.07 Å². The van der Waals surface area contributed by atoms with Gasteiger partial charge in [-0.25, -0.2) is 4.79 Å². The molecule has 114 valence electrons. The summed E-state index contributed by atoms with van der Waals surface area (Å²) in [7, 11) is 3.56. The van der Waals surface area contributed by atoms with Gasteiger partial charge in [-0.15, -0.1) is 0 Å². The lowest BCUT2D eigenvalue weighted by Gasteiger charge is -2.26. The molecule has 1 unspecified atom stereocenters. The maximum absolute atomic E-state index is 12.4. The fourth-order valence-electron chi connectivity index (χ4n) is 1.56. The second-order valence-corrected chi connectivity index (χ2v) is 4.81. The minimum atomic E-state index is -1.70. The molecule has 5 heteroatoms. The lowest BCUT2D eigenvalue weighted by Crippen LogP contribution is -2.49. The van der Waals surface area contributed by atoms with Gasteiger partial charge in [0, 0.05) is 26.4 Å². The van der Waals surface area contributed by atoms with Crippen molar-refractivity contribution >= 4 is 11.8 Å². The van der Waals surface area contributed by atoms with E-state index < -0.39 is 17.4 Å². The molecule has 0 aliphatic carbocycles. The lowest BCUT2D eigenvalue weighted by atomic mass is 10.0. The van der Waals surface area contributed by atoms with E-state index in [-0.39, 0.29) is 6.61 Å². The van der Waals surface area contributed by atoms with Crippen molar-refractivity contribution in [1.29, 1.82) is 0 Å². The van der Waals surface area contributed by atoms with Gasteiger partial charge in [-0.2, -0.15) is 0 Å². The molecule has 1 aromatic carbocycles. The second kappa shape index (κ2) is 7.47. The van der Waals surface area contributed by atoms with Crippen LogP contribution >= 0.6 is 0 Å². The first-order chi connectivity index (χ1) is 9.90. The van der Waals surface area contributed by atoms with Crippen LogP contribution in [0.2, 0.25) is 0 Å². The summed E-state index contributed by atoms with van der Waals surface area (Å²) >= 11 is 0. The summed E-state index contributed by atoms with van der Waals surface area (Å²) in [5.41, 5.74) is -1.70. The van der Waals surface area contributed by atoms with Crippen molar-refractivity contribution in [2.24, 2.45) is 0 Å². The number of carbonyl (C=O) groups is 2. The third-order valence-corrected chi connectivity index (χ3v) is 2.72. The van der Waals surface area contributed by atoms with Crippen LogP contribution in [-0.2, 0) is 14.3 Å². The zero-order chi connectivity index (χ0) is 15.9. The summed E-state index contributed by atoms with van der Waals surface area (Å²) in [5.74, 6) is -0.750. The van der Waals surface area contributed by atoms with Crippen LogP contribution in [0.3, 0.4) is 0 Å². The van der Waals surface area contributed by atoms with E-state index in [0.29, 0.717) is 5.75 Å². The maximum atomic E-state index is 12.4. The lowest BCUT2D eigenvalue weighted by molar-refractivity contribution is -0.163. The number of hydrogen-bond acceptors (Lipinski definition) is 5. The third kappa shape index (κ3) is 4.63. The number of nitrogens with zero attached hydrogens (tertiary/aromatic N) is 1. The number of rotatable bonds is 7. The van der Waals surface area contributed by atoms with Crippen LogP contribution in [0.4, 0.5) is 0 Å². The molecule has 1 rings (SSSR count). The van der Waals surface area contributed by atoms with Gasteiger partial charge in [-0.1, -0.05) is 18.2 Å². The van der Waals surface area contributed by atoms with Crippen molar-refractivity contribution in [3.8, 4) is 5.75 Å². The number of para-hydroxylation sites is 1. The Balaban J connectivity index is 3.05. The van der Waals surface area contributed by atoms with Crippen molar-refractivity contribution in [3.63, 3.8) is 0 Å². The number of esters is 1. The van der Waals surface area contributed by atoms with Gasteiger partial charge in [0.1, 0.15) is 5.75 Å². The van der Waals surface area contributed by atoms with Crippen LogP contribution in [0.1, 0.15) is 13.8 Å². The molecule has 0 bridgehead atoms. The van der Waals surface area contributed by atoms with Gasteiger partial charge in [0.05, 0.1) is 6.61 Å². The zero-order valence-electron chi connectivity index (χ0n) is 12.8. The van der Waals surface area contributed by atoms with Crippen molar-refractivity contribution in [2.45, 2.75) is 19.4 Å². The van der Waals surface area contributed by atoms with Crippen molar-refractivity contribution in [3.05, 3.63) is 42.6 Å². The molecule has 0 spiro atoms. The van der Waals surface area contributed by atoms with Gasteiger partial charge in [0.2, 0.25) is 5.78 Å². The minimum absolute atomic E-state index is 0.178. The Morgan fingerprint density at radius 2 is 1.86 bits per heavy atom. The molecule has 0 saturated heterocycles. The highest BCUT2D eigenvalue weighted by atomic mass is 16.6. The Morgan fingerprint density at radius 3 is 2.38 bits per heavy atom. The molecule has 5 nitrogen and oxygen atoms in total. The molecular weight excluding hydrogens is 270 g/mol. The summed E-state index contributed by atoms with van der Waals surface area (Å²) < 4.78 is 10.6. The van der Waals surface area contributed by atoms with E-state index in [9.17, 15) is 9.59 Å². The predicted molar refractivity (Wildman–Crippen MR) is 79.9 cm³/mol. The minimum Gasteiger partial charge on any atom is -0.468 e. The molecule has 0 amide bonds. The van der Waals surface area contributed by atoms with Gasteiger partial charge >= 0.3 is 5.97 Å². The molecule has 1 aromatic rings. The Morgan fingerprint density at radius 1 is 1.24 bits per heavy atom. The average Bonchev–Trinajstić information content (AvgIpc) is 2.45. The van der Waals surface area contributed by atoms with Gasteiger partial charge < -0.3 is 14.4 Å². The Bertz CT molecular complexity index is 510. The highest BCUT2D eigenvalue weighted by Gasteiger charge is 2.44. The molecule has 0 radical (unpaired) electrons. The summed E-state index contributed by atoms with van der Waals surface area (Å²) in [5, 5.41) is 0. The van der Waals surface area contributed by atoms with Crippen LogP contribution in [-0.4, -0.2) is 43.0 Å². The van der Waals surface area contributed by atoms with Gasteiger partial charge in [0.15, 0.2) is 0 Å². The Kier molecular flexibility index (Phi) is 5.96. The molecule has 0 N–H and O–H groups in total. The molecule has 0 aliphatic rings. The first kappa shape index (κ1) is 16.8. The first-order valence-corrected chi connectivity index (χ1v) is 6.70. The Hall–Kier alpha value is -2.30. The fourth-order valence-corrected chi connectivity index (χ4v) is 1.56. The second-order valence-electron chi connectivity index (χ2n) is 4.81. The number of ether oxygens (including phenoxy) is 2. The summed E-state index contributed by atoms with van der Waals surface area (Å²) in [4.78, 5) is 26.2. The van der Waals surface area contributed by atoms with Crippen LogP contribution in [0.5, 0.6) is 5.75 Å². The van der Waals surface area contributed by atoms with Crippen molar-refractivity contribution in [2.75, 3.05) is 20.7 Å². The Labute approximate surface area is 125 Å². The predicted octanol–water partition coefficient (Wildman–Crippen LogP) is 2.03. The summed E-state index contributed by atoms with van der Waals surface area (Å²) in [6.45, 7) is 3.28. The molecule has 0 heterocycles. The third-order valence-electron chi connectivity index (χ3n) is 2.72. The molecule has 0 aromatic heterocycles. The van der Waals surface area contributed by atoms with E-state index in [0.717, 1.165) is 0 Å². The quantitative estimate of drug-likeness (QED) is 0.437. The first-order valence-electron chi connectivity index (χ1n) is 6.70. The van der Waals surface area contributed by atoms with E-state index in [4.69, 9.17) is 9.47 Å².